The molecule has 19 heavy (non-hydrogen) atoms. The van der Waals surface area contributed by atoms with Crippen molar-refractivity contribution in [2.24, 2.45) is 0 Å². The first-order valence-corrected chi connectivity index (χ1v) is 7.36. The third-order valence-electron chi connectivity index (χ3n) is 2.54. The predicted octanol–water partition coefficient (Wildman–Crippen LogP) is 4.55. The van der Waals surface area contributed by atoms with Crippen LogP contribution in [-0.4, -0.2) is 10.9 Å². The molecule has 2 aromatic carbocycles. The van der Waals surface area contributed by atoms with Crippen LogP contribution in [0.5, 0.6) is 0 Å². The smallest absolute Gasteiger partial charge is 0.164 e. The summed E-state index contributed by atoms with van der Waals surface area (Å²) in [6.45, 7) is 0. The van der Waals surface area contributed by atoms with Gasteiger partial charge in [-0.2, -0.15) is 0 Å². The van der Waals surface area contributed by atoms with Crippen LogP contribution in [0.2, 0.25) is 0 Å². The number of aliphatic hydroxyl groups is 1. The largest absolute Gasteiger partial charge is 0.387 e. The molecule has 0 aromatic heterocycles. The molecule has 1 N–H and O–H groups in total. The van der Waals surface area contributed by atoms with E-state index >= 15 is 0 Å². The molecular weight excluding hydrogens is 334 g/mol. The minimum absolute atomic E-state index is 0.0116. The second kappa shape index (κ2) is 6.50. The van der Waals surface area contributed by atoms with E-state index in [9.17, 15) is 13.9 Å². The van der Waals surface area contributed by atoms with Gasteiger partial charge in [0, 0.05) is 20.7 Å². The van der Waals surface area contributed by atoms with Gasteiger partial charge in [0.25, 0.3) is 0 Å². The minimum atomic E-state index is -1.04. The van der Waals surface area contributed by atoms with Crippen LogP contribution in [0.4, 0.5) is 8.78 Å². The van der Waals surface area contributed by atoms with Crippen LogP contribution in [0.15, 0.2) is 51.8 Å². The molecule has 2 aromatic rings. The molecule has 0 fully saturated rings. The van der Waals surface area contributed by atoms with E-state index in [2.05, 4.69) is 15.9 Å². The molecule has 5 heteroatoms. The predicted molar refractivity (Wildman–Crippen MR) is 76.2 cm³/mol. The van der Waals surface area contributed by atoms with Gasteiger partial charge in [-0.25, -0.2) is 8.78 Å². The summed E-state index contributed by atoms with van der Waals surface area (Å²) in [5.41, 5.74) is -0.0116. The first-order valence-electron chi connectivity index (χ1n) is 5.58. The van der Waals surface area contributed by atoms with Crippen LogP contribution in [0, 0.1) is 11.6 Å². The zero-order chi connectivity index (χ0) is 13.8. The highest BCUT2D eigenvalue weighted by atomic mass is 79.9. The number of thioether (sulfide) groups is 1. The molecule has 1 unspecified atom stereocenters. The number of hydrogen-bond acceptors (Lipinski definition) is 2. The van der Waals surface area contributed by atoms with Gasteiger partial charge in [-0.1, -0.05) is 34.1 Å². The van der Waals surface area contributed by atoms with E-state index in [-0.39, 0.29) is 11.3 Å². The molecule has 0 aliphatic carbocycles. The van der Waals surface area contributed by atoms with E-state index in [0.29, 0.717) is 0 Å². The highest BCUT2D eigenvalue weighted by molar-refractivity contribution is 9.10. The van der Waals surface area contributed by atoms with E-state index in [1.807, 2.05) is 24.3 Å². The summed E-state index contributed by atoms with van der Waals surface area (Å²) in [4.78, 5) is 0.949. The summed E-state index contributed by atoms with van der Waals surface area (Å²) in [5.74, 6) is -1.66. The Labute approximate surface area is 122 Å². The molecule has 0 amide bonds. The molecule has 1 atom stereocenters. The van der Waals surface area contributed by atoms with E-state index in [1.54, 1.807) is 0 Å². The van der Waals surface area contributed by atoms with Gasteiger partial charge in [0.05, 0.1) is 6.10 Å². The Morgan fingerprint density at radius 3 is 2.63 bits per heavy atom. The zero-order valence-electron chi connectivity index (χ0n) is 9.82. The standard InChI is InChI=1S/C14H11BrF2OS/c15-9-3-1-4-10(7-9)19-8-13(18)11-5-2-6-12(16)14(11)17/h1-7,13,18H,8H2. The Balaban J connectivity index is 2.05. The lowest BCUT2D eigenvalue weighted by Gasteiger charge is -2.12. The van der Waals surface area contributed by atoms with Crippen LogP contribution in [0.3, 0.4) is 0 Å². The average Bonchev–Trinajstić information content (AvgIpc) is 2.39. The molecule has 100 valence electrons. The summed E-state index contributed by atoms with van der Waals surface area (Å²) < 4.78 is 27.5. The van der Waals surface area contributed by atoms with Crippen LogP contribution < -0.4 is 0 Å². The summed E-state index contributed by atoms with van der Waals surface area (Å²) in [5, 5.41) is 9.92. The molecule has 0 saturated heterocycles. The van der Waals surface area contributed by atoms with E-state index in [1.165, 1.54) is 23.9 Å². The lowest BCUT2D eigenvalue weighted by atomic mass is 10.1. The van der Waals surface area contributed by atoms with Crippen molar-refractivity contribution in [2.75, 3.05) is 5.75 Å². The van der Waals surface area contributed by atoms with E-state index in [4.69, 9.17) is 0 Å². The summed E-state index contributed by atoms with van der Waals surface area (Å²) in [7, 11) is 0. The zero-order valence-corrected chi connectivity index (χ0v) is 12.2. The fourth-order valence-electron chi connectivity index (χ4n) is 1.60. The van der Waals surface area contributed by atoms with Crippen molar-refractivity contribution < 1.29 is 13.9 Å². The highest BCUT2D eigenvalue weighted by Crippen LogP contribution is 2.28. The minimum Gasteiger partial charge on any atom is -0.387 e. The Hall–Kier alpha value is -0.910. The number of hydrogen-bond donors (Lipinski definition) is 1. The Kier molecular flexibility index (Phi) is 4.96. The Bertz CT molecular complexity index is 577. The van der Waals surface area contributed by atoms with Gasteiger partial charge in [-0.3, -0.25) is 0 Å². The summed E-state index contributed by atoms with van der Waals surface area (Å²) in [6, 6.07) is 11.4. The van der Waals surface area contributed by atoms with Gasteiger partial charge in [-0.05, 0) is 24.3 Å². The normalized spacial score (nSPS) is 12.4. The fourth-order valence-corrected chi connectivity index (χ4v) is 3.07. The monoisotopic (exact) mass is 344 g/mol. The second-order valence-corrected chi connectivity index (χ2v) is 5.94. The van der Waals surface area contributed by atoms with Crippen molar-refractivity contribution in [1.82, 2.24) is 0 Å². The van der Waals surface area contributed by atoms with Crippen molar-refractivity contribution in [1.29, 1.82) is 0 Å². The average molecular weight is 345 g/mol. The van der Waals surface area contributed by atoms with Crippen LogP contribution >= 0.6 is 27.7 Å². The third kappa shape index (κ3) is 3.78. The Morgan fingerprint density at radius 2 is 1.89 bits per heavy atom. The molecule has 2 rings (SSSR count). The third-order valence-corrected chi connectivity index (χ3v) is 4.11. The van der Waals surface area contributed by atoms with Crippen LogP contribution in [0.25, 0.3) is 0 Å². The maximum atomic E-state index is 13.5. The van der Waals surface area contributed by atoms with Crippen molar-refractivity contribution in [3.63, 3.8) is 0 Å². The van der Waals surface area contributed by atoms with Gasteiger partial charge in [0.1, 0.15) is 0 Å². The SMILES string of the molecule is OC(CSc1cccc(Br)c1)c1cccc(F)c1F. The number of rotatable bonds is 4. The second-order valence-electron chi connectivity index (χ2n) is 3.93. The topological polar surface area (TPSA) is 20.2 Å². The molecular formula is C14H11BrF2OS. The maximum absolute atomic E-state index is 13.5. The van der Waals surface area contributed by atoms with Gasteiger partial charge in [0.2, 0.25) is 0 Å². The van der Waals surface area contributed by atoms with E-state index < -0.39 is 17.7 Å². The molecule has 0 spiro atoms. The fraction of sp³-hybridized carbons (Fsp3) is 0.143. The maximum Gasteiger partial charge on any atom is 0.164 e. The number of benzene rings is 2. The first kappa shape index (κ1) is 14.5. The molecule has 0 aliphatic heterocycles. The number of halogens is 3. The van der Waals surface area contributed by atoms with Crippen molar-refractivity contribution in [2.45, 2.75) is 11.0 Å². The summed E-state index contributed by atoms with van der Waals surface area (Å²) >= 11 is 4.73. The van der Waals surface area contributed by atoms with Crippen LogP contribution in [-0.2, 0) is 0 Å². The van der Waals surface area contributed by atoms with E-state index in [0.717, 1.165) is 15.4 Å². The van der Waals surface area contributed by atoms with Crippen molar-refractivity contribution in [3.8, 4) is 0 Å². The molecule has 0 aliphatic rings. The van der Waals surface area contributed by atoms with Gasteiger partial charge in [-0.15, -0.1) is 11.8 Å². The summed E-state index contributed by atoms with van der Waals surface area (Å²) in [6.07, 6.45) is -1.04. The van der Waals surface area contributed by atoms with Crippen molar-refractivity contribution >= 4 is 27.7 Å². The lowest BCUT2D eigenvalue weighted by Crippen LogP contribution is -2.05. The molecule has 0 saturated carbocycles. The molecule has 0 radical (unpaired) electrons. The number of aliphatic hydroxyl groups excluding tert-OH is 1. The quantitative estimate of drug-likeness (QED) is 0.821. The lowest BCUT2D eigenvalue weighted by molar-refractivity contribution is 0.197. The van der Waals surface area contributed by atoms with Gasteiger partial charge >= 0.3 is 0 Å². The first-order chi connectivity index (χ1) is 9.08. The van der Waals surface area contributed by atoms with Gasteiger partial charge < -0.3 is 5.11 Å². The molecule has 0 bridgehead atoms. The van der Waals surface area contributed by atoms with Crippen LogP contribution in [0.1, 0.15) is 11.7 Å². The Morgan fingerprint density at radius 1 is 1.16 bits per heavy atom. The van der Waals surface area contributed by atoms with Crippen molar-refractivity contribution in [3.05, 3.63) is 64.1 Å². The van der Waals surface area contributed by atoms with Gasteiger partial charge in [0.15, 0.2) is 11.6 Å². The highest BCUT2D eigenvalue weighted by Gasteiger charge is 2.16. The molecule has 0 heterocycles. The molecule has 1 nitrogen and oxygen atoms in total.